The van der Waals surface area contributed by atoms with Crippen molar-refractivity contribution in [2.45, 2.75) is 37.8 Å². The number of nitrogens with one attached hydrogen (secondary N) is 1. The van der Waals surface area contributed by atoms with Crippen molar-refractivity contribution < 1.29 is 31.3 Å². The molecule has 1 atom stereocenters. The van der Waals surface area contributed by atoms with E-state index in [-0.39, 0.29) is 17.4 Å². The van der Waals surface area contributed by atoms with Crippen LogP contribution < -0.4 is 9.46 Å². The highest BCUT2D eigenvalue weighted by atomic mass is 32.2. The highest BCUT2D eigenvalue weighted by Gasteiger charge is 2.33. The maximum absolute atomic E-state index is 14.4. The van der Waals surface area contributed by atoms with Gasteiger partial charge in [-0.1, -0.05) is 0 Å². The Morgan fingerprint density at radius 1 is 1.24 bits per heavy atom. The van der Waals surface area contributed by atoms with Crippen molar-refractivity contribution in [3.05, 3.63) is 29.1 Å². The quantitative estimate of drug-likeness (QED) is 0.666. The number of benzene rings is 1. The molecule has 0 spiro atoms. The Labute approximate surface area is 169 Å². The minimum atomic E-state index is -4.20. The van der Waals surface area contributed by atoms with Crippen molar-refractivity contribution in [2.24, 2.45) is 5.92 Å². The number of piperidine rings is 1. The van der Waals surface area contributed by atoms with Gasteiger partial charge in [-0.25, -0.2) is 8.60 Å². The van der Waals surface area contributed by atoms with E-state index in [0.717, 1.165) is 18.4 Å². The largest absolute Gasteiger partial charge is 0.493 e. The second kappa shape index (κ2) is 8.99. The Kier molecular flexibility index (Phi) is 6.83. The van der Waals surface area contributed by atoms with E-state index in [9.17, 15) is 26.6 Å². The predicted octanol–water partition coefficient (Wildman–Crippen LogP) is 3.38. The predicted molar refractivity (Wildman–Crippen MR) is 101 cm³/mol. The van der Waals surface area contributed by atoms with Gasteiger partial charge in [0.1, 0.15) is 22.6 Å². The molecular weight excluding hydrogens is 412 g/mol. The Hall–Kier alpha value is -1.68. The molecule has 1 saturated carbocycles. The van der Waals surface area contributed by atoms with Crippen LogP contribution in [0.15, 0.2) is 12.1 Å². The van der Waals surface area contributed by atoms with Gasteiger partial charge in [0.2, 0.25) is 0 Å². The van der Waals surface area contributed by atoms with E-state index in [1.54, 1.807) is 0 Å². The highest BCUT2D eigenvalue weighted by molar-refractivity contribution is 7.82. The zero-order valence-electron chi connectivity index (χ0n) is 16.1. The molecule has 2 fully saturated rings. The molecule has 1 heterocycles. The maximum Gasteiger partial charge on any atom is 0.401 e. The average molecular weight is 436 g/mol. The molecule has 1 aliphatic heterocycles. The maximum atomic E-state index is 14.4. The van der Waals surface area contributed by atoms with E-state index in [1.165, 1.54) is 23.3 Å². The molecule has 1 unspecified atom stereocenters. The van der Waals surface area contributed by atoms with E-state index in [2.05, 4.69) is 4.72 Å². The fourth-order valence-electron chi connectivity index (χ4n) is 3.54. The van der Waals surface area contributed by atoms with Crippen LogP contribution in [0.5, 0.6) is 5.75 Å². The van der Waals surface area contributed by atoms with Crippen LogP contribution in [0.4, 0.5) is 17.6 Å². The summed E-state index contributed by atoms with van der Waals surface area (Å²) in [4.78, 5) is 13.4. The molecule has 0 radical (unpaired) electrons. The lowest BCUT2D eigenvalue weighted by atomic mass is 9.97. The van der Waals surface area contributed by atoms with Gasteiger partial charge in [-0.3, -0.25) is 14.4 Å². The first-order valence-corrected chi connectivity index (χ1v) is 11.1. The number of amides is 1. The number of rotatable bonds is 7. The third-order valence-electron chi connectivity index (χ3n) is 5.18. The number of carbonyl (C=O) groups is 1. The molecular formula is C19H24F4N2O3S. The fourth-order valence-corrected chi connectivity index (χ4v) is 3.91. The van der Waals surface area contributed by atoms with Crippen LogP contribution in [-0.2, 0) is 11.0 Å². The molecule has 1 aromatic carbocycles. The van der Waals surface area contributed by atoms with Crippen molar-refractivity contribution >= 4 is 16.9 Å². The standard InChI is InChI=1S/C19H24F4N2O3S/c1-29(27)24-18(26)15-8-14(13-2-3-13)17(9-16(15)20)28-10-12-4-6-25(7-5-12)11-19(21,22)23/h8-9,12-13H,2-7,10-11H2,1H3,(H,24,26). The number of likely N-dealkylation sites (tertiary alicyclic amines) is 1. The SMILES string of the molecule is CS(=O)NC(=O)c1cc(C2CC2)c(OCC2CCN(CC(F)(F)F)CC2)cc1F. The molecule has 3 rings (SSSR count). The Morgan fingerprint density at radius 2 is 1.90 bits per heavy atom. The Balaban J connectivity index is 1.62. The Morgan fingerprint density at radius 3 is 2.45 bits per heavy atom. The second-order valence-corrected chi connectivity index (χ2v) is 8.79. The zero-order chi connectivity index (χ0) is 21.2. The fraction of sp³-hybridized carbons (Fsp3) is 0.632. The minimum absolute atomic E-state index is 0.0973. The van der Waals surface area contributed by atoms with Crippen molar-refractivity contribution in [2.75, 3.05) is 32.5 Å². The molecule has 1 aliphatic carbocycles. The smallest absolute Gasteiger partial charge is 0.401 e. The normalized spacial score (nSPS) is 19.8. The van der Waals surface area contributed by atoms with Crippen LogP contribution in [-0.4, -0.2) is 53.7 Å². The summed E-state index contributed by atoms with van der Waals surface area (Å²) in [5.41, 5.74) is 0.572. The summed E-state index contributed by atoms with van der Waals surface area (Å²) in [7, 11) is -1.60. The summed E-state index contributed by atoms with van der Waals surface area (Å²) in [5.74, 6) is -0.837. The molecule has 1 aromatic rings. The molecule has 0 bridgehead atoms. The van der Waals surface area contributed by atoms with Gasteiger partial charge >= 0.3 is 6.18 Å². The van der Waals surface area contributed by atoms with Crippen LogP contribution in [0, 0.1) is 11.7 Å². The van der Waals surface area contributed by atoms with Crippen molar-refractivity contribution in [3.63, 3.8) is 0 Å². The van der Waals surface area contributed by atoms with Gasteiger partial charge in [-0.05, 0) is 62.2 Å². The van der Waals surface area contributed by atoms with E-state index in [0.29, 0.717) is 38.3 Å². The van der Waals surface area contributed by atoms with Crippen LogP contribution in [0.2, 0.25) is 0 Å². The first-order valence-electron chi connectivity index (χ1n) is 9.52. The van der Waals surface area contributed by atoms with Crippen LogP contribution in [0.1, 0.15) is 47.5 Å². The lowest BCUT2D eigenvalue weighted by Crippen LogP contribution is -2.41. The number of halogens is 4. The van der Waals surface area contributed by atoms with E-state index in [1.807, 2.05) is 0 Å². The summed E-state index contributed by atoms with van der Waals surface area (Å²) >= 11 is 0. The Bertz CT molecular complexity index is 775. The third kappa shape index (κ3) is 6.40. The number of hydrogen-bond donors (Lipinski definition) is 1. The van der Waals surface area contributed by atoms with Gasteiger partial charge in [-0.15, -0.1) is 0 Å². The van der Waals surface area contributed by atoms with Gasteiger partial charge in [-0.2, -0.15) is 13.2 Å². The molecule has 10 heteroatoms. The van der Waals surface area contributed by atoms with E-state index >= 15 is 0 Å². The van der Waals surface area contributed by atoms with Gasteiger partial charge < -0.3 is 4.74 Å². The molecule has 2 aliphatic rings. The first kappa shape index (κ1) is 22.0. The zero-order valence-corrected chi connectivity index (χ0v) is 16.9. The van der Waals surface area contributed by atoms with Gasteiger partial charge in [0.15, 0.2) is 0 Å². The monoisotopic (exact) mass is 436 g/mol. The summed E-state index contributed by atoms with van der Waals surface area (Å²) < 4.78 is 71.1. The lowest BCUT2D eigenvalue weighted by molar-refractivity contribution is -0.148. The molecule has 0 aromatic heterocycles. The summed E-state index contributed by atoms with van der Waals surface area (Å²) in [6.45, 7) is 0.0997. The number of nitrogens with zero attached hydrogens (tertiary/aromatic N) is 1. The van der Waals surface area contributed by atoms with Gasteiger partial charge in [0.25, 0.3) is 5.91 Å². The number of hydrogen-bond acceptors (Lipinski definition) is 4. The van der Waals surface area contributed by atoms with E-state index < -0.39 is 35.4 Å². The van der Waals surface area contributed by atoms with Gasteiger partial charge in [0.05, 0.1) is 18.7 Å². The van der Waals surface area contributed by atoms with Crippen molar-refractivity contribution in [3.8, 4) is 5.75 Å². The molecule has 1 saturated heterocycles. The molecule has 5 nitrogen and oxygen atoms in total. The summed E-state index contributed by atoms with van der Waals surface area (Å²) in [6, 6.07) is 2.64. The van der Waals surface area contributed by atoms with Crippen molar-refractivity contribution in [1.29, 1.82) is 0 Å². The lowest BCUT2D eigenvalue weighted by Gasteiger charge is -2.32. The topological polar surface area (TPSA) is 58.6 Å². The van der Waals surface area contributed by atoms with Crippen LogP contribution in [0.25, 0.3) is 0 Å². The summed E-state index contributed by atoms with van der Waals surface area (Å²) in [5, 5.41) is 0. The summed E-state index contributed by atoms with van der Waals surface area (Å²) in [6.07, 6.45) is 0.0883. The van der Waals surface area contributed by atoms with Crippen LogP contribution >= 0.6 is 0 Å². The minimum Gasteiger partial charge on any atom is -0.493 e. The second-order valence-electron chi connectivity index (χ2n) is 7.68. The average Bonchev–Trinajstić information content (AvgIpc) is 3.44. The molecule has 1 N–H and O–H groups in total. The molecule has 29 heavy (non-hydrogen) atoms. The van der Waals surface area contributed by atoms with Crippen LogP contribution in [0.3, 0.4) is 0 Å². The van der Waals surface area contributed by atoms with Crippen molar-refractivity contribution in [1.82, 2.24) is 9.62 Å². The highest BCUT2D eigenvalue weighted by Crippen LogP contribution is 2.45. The number of alkyl halides is 3. The molecule has 1 amide bonds. The first-order chi connectivity index (χ1) is 13.6. The number of ether oxygens (including phenoxy) is 1. The van der Waals surface area contributed by atoms with E-state index in [4.69, 9.17) is 4.74 Å². The number of carbonyl (C=O) groups excluding carboxylic acids is 1. The molecule has 162 valence electrons. The third-order valence-corrected chi connectivity index (χ3v) is 5.66. The van der Waals surface area contributed by atoms with Gasteiger partial charge in [0, 0.05) is 12.3 Å².